The van der Waals surface area contributed by atoms with Crippen molar-refractivity contribution < 1.29 is 13.2 Å². The van der Waals surface area contributed by atoms with Crippen molar-refractivity contribution in [2.75, 3.05) is 11.9 Å². The molecule has 0 aliphatic carbocycles. The lowest BCUT2D eigenvalue weighted by molar-refractivity contribution is -0.119. The maximum absolute atomic E-state index is 13.4. The number of aryl methyl sites for hydroxylation is 3. The van der Waals surface area contributed by atoms with Crippen LogP contribution in [0.1, 0.15) is 35.1 Å². The quantitative estimate of drug-likeness (QED) is 0.857. The molecule has 1 aliphatic rings. The summed E-state index contributed by atoms with van der Waals surface area (Å²) in [6.07, 6.45) is 1.09. The van der Waals surface area contributed by atoms with Gasteiger partial charge in [0.05, 0.1) is 16.5 Å². The molecule has 0 radical (unpaired) electrons. The number of nitrogens with zero attached hydrogens (tertiary/aromatic N) is 2. The van der Waals surface area contributed by atoms with Crippen LogP contribution in [-0.4, -0.2) is 31.2 Å². The fourth-order valence-corrected chi connectivity index (χ4v) is 5.94. The number of amides is 1. The summed E-state index contributed by atoms with van der Waals surface area (Å²) in [5, 5.41) is 11.8. The lowest BCUT2D eigenvalue weighted by atomic mass is 10.1. The van der Waals surface area contributed by atoms with E-state index in [-0.39, 0.29) is 10.8 Å². The SMILES string of the molecule is Cc1cc(C)c(S(=O)(=O)N2CCC[C@@H]2C(=O)Nc2cccc(C#N)c2)c(C)c1. The largest absolute Gasteiger partial charge is 0.325 e. The van der Waals surface area contributed by atoms with Crippen LogP contribution < -0.4 is 5.32 Å². The van der Waals surface area contributed by atoms with E-state index in [4.69, 9.17) is 5.26 Å². The van der Waals surface area contributed by atoms with Crippen LogP contribution in [-0.2, 0) is 14.8 Å². The molecule has 1 atom stereocenters. The Hall–Kier alpha value is -2.69. The van der Waals surface area contributed by atoms with Gasteiger partial charge in [-0.2, -0.15) is 9.57 Å². The first-order chi connectivity index (χ1) is 13.2. The smallest absolute Gasteiger partial charge is 0.244 e. The van der Waals surface area contributed by atoms with Crippen molar-refractivity contribution in [2.24, 2.45) is 0 Å². The van der Waals surface area contributed by atoms with Crippen LogP contribution in [0, 0.1) is 32.1 Å². The summed E-state index contributed by atoms with van der Waals surface area (Å²) in [7, 11) is -3.80. The van der Waals surface area contributed by atoms with Gasteiger partial charge in [-0.25, -0.2) is 8.42 Å². The molecule has 1 N–H and O–H groups in total. The topological polar surface area (TPSA) is 90.3 Å². The van der Waals surface area contributed by atoms with Crippen molar-refractivity contribution in [3.8, 4) is 6.07 Å². The average molecular weight is 398 g/mol. The Bertz CT molecular complexity index is 1050. The van der Waals surface area contributed by atoms with E-state index in [9.17, 15) is 13.2 Å². The molecule has 0 unspecified atom stereocenters. The molecule has 1 aliphatic heterocycles. The third-order valence-electron chi connectivity index (χ3n) is 4.94. The number of carbonyl (C=O) groups excluding carboxylic acids is 1. The Balaban J connectivity index is 1.90. The predicted molar refractivity (Wildman–Crippen MR) is 107 cm³/mol. The first kappa shape index (κ1) is 20.1. The van der Waals surface area contributed by atoms with Gasteiger partial charge in [0.1, 0.15) is 6.04 Å². The highest BCUT2D eigenvalue weighted by molar-refractivity contribution is 7.89. The van der Waals surface area contributed by atoms with Crippen LogP contribution in [0.15, 0.2) is 41.3 Å². The zero-order valence-electron chi connectivity index (χ0n) is 16.2. The van der Waals surface area contributed by atoms with E-state index in [2.05, 4.69) is 5.32 Å². The molecule has 146 valence electrons. The van der Waals surface area contributed by atoms with E-state index >= 15 is 0 Å². The summed E-state index contributed by atoms with van der Waals surface area (Å²) in [6, 6.07) is 11.5. The molecule has 28 heavy (non-hydrogen) atoms. The molecule has 1 fully saturated rings. The van der Waals surface area contributed by atoms with Crippen LogP contribution >= 0.6 is 0 Å². The number of sulfonamides is 1. The molecule has 3 rings (SSSR count). The Morgan fingerprint density at radius 1 is 1.18 bits per heavy atom. The monoisotopic (exact) mass is 397 g/mol. The van der Waals surface area contributed by atoms with Gasteiger partial charge in [0.15, 0.2) is 0 Å². The third kappa shape index (κ3) is 3.79. The van der Waals surface area contributed by atoms with E-state index < -0.39 is 16.1 Å². The highest BCUT2D eigenvalue weighted by Crippen LogP contribution is 2.31. The number of nitriles is 1. The second-order valence-electron chi connectivity index (χ2n) is 7.18. The first-order valence-electron chi connectivity index (χ1n) is 9.15. The molecule has 2 aromatic rings. The highest BCUT2D eigenvalue weighted by atomic mass is 32.2. The molecule has 0 spiro atoms. The van der Waals surface area contributed by atoms with Gasteiger partial charge in [-0.3, -0.25) is 4.79 Å². The van der Waals surface area contributed by atoms with Crippen LogP contribution in [0.5, 0.6) is 0 Å². The number of carbonyl (C=O) groups is 1. The minimum absolute atomic E-state index is 0.282. The molecule has 0 aromatic heterocycles. The van der Waals surface area contributed by atoms with Crippen molar-refractivity contribution in [3.05, 3.63) is 58.7 Å². The minimum atomic E-state index is -3.80. The summed E-state index contributed by atoms with van der Waals surface area (Å²) >= 11 is 0. The standard InChI is InChI=1S/C21H23N3O3S/c1-14-10-15(2)20(16(3)11-14)28(26,27)24-9-5-8-19(24)21(25)23-18-7-4-6-17(12-18)13-22/h4,6-7,10-12,19H,5,8-9H2,1-3H3,(H,23,25)/t19-/m1/s1. The number of rotatable bonds is 4. The number of benzene rings is 2. The van der Waals surface area contributed by atoms with Gasteiger partial charge in [-0.05, 0) is 62.9 Å². The summed E-state index contributed by atoms with van der Waals surface area (Å²) < 4.78 is 28.0. The van der Waals surface area contributed by atoms with E-state index in [1.54, 1.807) is 38.1 Å². The van der Waals surface area contributed by atoms with Gasteiger partial charge in [-0.15, -0.1) is 0 Å². The summed E-state index contributed by atoms with van der Waals surface area (Å²) in [5.41, 5.74) is 3.29. The van der Waals surface area contributed by atoms with Gasteiger partial charge >= 0.3 is 0 Å². The van der Waals surface area contributed by atoms with Gasteiger partial charge in [0.2, 0.25) is 15.9 Å². The maximum atomic E-state index is 13.4. The van der Waals surface area contributed by atoms with Gasteiger partial charge < -0.3 is 5.32 Å². The Kier molecular flexibility index (Phi) is 5.54. The molecule has 1 saturated heterocycles. The number of nitrogens with one attached hydrogen (secondary N) is 1. The molecule has 0 bridgehead atoms. The lowest BCUT2D eigenvalue weighted by Crippen LogP contribution is -2.43. The highest BCUT2D eigenvalue weighted by Gasteiger charge is 2.40. The molecule has 6 nitrogen and oxygen atoms in total. The van der Waals surface area contributed by atoms with Crippen LogP contribution in [0.4, 0.5) is 5.69 Å². The van der Waals surface area contributed by atoms with Gasteiger partial charge in [0, 0.05) is 12.2 Å². The van der Waals surface area contributed by atoms with Crippen molar-refractivity contribution in [3.63, 3.8) is 0 Å². The zero-order chi connectivity index (χ0) is 20.5. The van der Waals surface area contributed by atoms with Gasteiger partial charge in [-0.1, -0.05) is 23.8 Å². The van der Waals surface area contributed by atoms with Crippen molar-refractivity contribution in [2.45, 2.75) is 44.6 Å². The minimum Gasteiger partial charge on any atom is -0.325 e. The molecular weight excluding hydrogens is 374 g/mol. The Morgan fingerprint density at radius 3 is 2.50 bits per heavy atom. The van der Waals surface area contributed by atoms with E-state index in [1.165, 1.54) is 4.31 Å². The molecular formula is C21H23N3O3S. The first-order valence-corrected chi connectivity index (χ1v) is 10.6. The lowest BCUT2D eigenvalue weighted by Gasteiger charge is -2.25. The van der Waals surface area contributed by atoms with Crippen molar-refractivity contribution in [1.82, 2.24) is 4.31 Å². The Labute approximate surface area is 165 Å². The zero-order valence-corrected chi connectivity index (χ0v) is 17.0. The second-order valence-corrected chi connectivity index (χ2v) is 9.01. The second kappa shape index (κ2) is 7.74. The van der Waals surface area contributed by atoms with Crippen LogP contribution in [0.3, 0.4) is 0 Å². The number of anilines is 1. The maximum Gasteiger partial charge on any atom is 0.244 e. The molecule has 0 saturated carbocycles. The molecule has 2 aromatic carbocycles. The summed E-state index contributed by atoms with van der Waals surface area (Å²) in [4.78, 5) is 13.1. The van der Waals surface area contributed by atoms with Crippen LogP contribution in [0.2, 0.25) is 0 Å². The summed E-state index contributed by atoms with van der Waals surface area (Å²) in [6.45, 7) is 5.81. The van der Waals surface area contributed by atoms with E-state index in [0.29, 0.717) is 41.8 Å². The predicted octanol–water partition coefficient (Wildman–Crippen LogP) is 3.28. The van der Waals surface area contributed by atoms with Crippen LogP contribution in [0.25, 0.3) is 0 Å². The normalized spacial score (nSPS) is 17.3. The van der Waals surface area contributed by atoms with Gasteiger partial charge in [0.25, 0.3) is 0 Å². The molecule has 1 heterocycles. The molecule has 7 heteroatoms. The number of hydrogen-bond acceptors (Lipinski definition) is 4. The van der Waals surface area contributed by atoms with E-state index in [0.717, 1.165) is 5.56 Å². The fourth-order valence-electron chi connectivity index (χ4n) is 3.87. The summed E-state index contributed by atoms with van der Waals surface area (Å²) in [5.74, 6) is -0.376. The Morgan fingerprint density at radius 2 is 1.86 bits per heavy atom. The molecule has 1 amide bonds. The fraction of sp³-hybridized carbons (Fsp3) is 0.333. The number of hydrogen-bond donors (Lipinski definition) is 1. The van der Waals surface area contributed by atoms with E-state index in [1.807, 2.05) is 25.1 Å². The van der Waals surface area contributed by atoms with Crippen molar-refractivity contribution in [1.29, 1.82) is 5.26 Å². The van der Waals surface area contributed by atoms with Crippen molar-refractivity contribution >= 4 is 21.6 Å². The average Bonchev–Trinajstić information content (AvgIpc) is 3.11. The third-order valence-corrected chi connectivity index (χ3v) is 7.15.